The van der Waals surface area contributed by atoms with Gasteiger partial charge in [0.25, 0.3) is 0 Å². The molecule has 1 atom stereocenters. The lowest BCUT2D eigenvalue weighted by Gasteiger charge is -2.11. The fourth-order valence-corrected chi connectivity index (χ4v) is 2.58. The van der Waals surface area contributed by atoms with E-state index in [1.165, 1.54) is 0 Å². The molecule has 2 heterocycles. The van der Waals surface area contributed by atoms with Gasteiger partial charge in [0.2, 0.25) is 5.91 Å². The van der Waals surface area contributed by atoms with Crippen molar-refractivity contribution in [3.8, 4) is 16.9 Å². The first-order valence-electron chi connectivity index (χ1n) is 7.78. The molecule has 1 aliphatic heterocycles. The Morgan fingerprint density at radius 3 is 3.22 bits per heavy atom. The number of ether oxygens (including phenoxy) is 2. The summed E-state index contributed by atoms with van der Waals surface area (Å²) in [5, 5.41) is 9.79. The number of amides is 1. The third-order valence-electron chi connectivity index (χ3n) is 3.80. The predicted octanol–water partition coefficient (Wildman–Crippen LogP) is 1.86. The Kier molecular flexibility index (Phi) is 4.92. The first-order chi connectivity index (χ1) is 11.2. The number of benzene rings is 1. The number of aromatic amines is 1. The molecule has 1 radical (unpaired) electrons. The summed E-state index contributed by atoms with van der Waals surface area (Å²) in [5.74, 6) is 0.662. The lowest BCUT2D eigenvalue weighted by Crippen LogP contribution is -2.36. The summed E-state index contributed by atoms with van der Waals surface area (Å²) < 4.78 is 11.0. The van der Waals surface area contributed by atoms with Gasteiger partial charge in [-0.25, -0.2) is 0 Å². The number of aryl methyl sites for hydroxylation is 1. The van der Waals surface area contributed by atoms with Gasteiger partial charge >= 0.3 is 0 Å². The molecular weight excluding hydrogens is 294 g/mol. The molecule has 2 aromatic rings. The van der Waals surface area contributed by atoms with Crippen LogP contribution in [0.5, 0.6) is 5.75 Å². The number of carbonyl (C=O) groups excluding carboxylic acids is 1. The van der Waals surface area contributed by atoms with E-state index >= 15 is 0 Å². The van der Waals surface area contributed by atoms with E-state index < -0.39 is 0 Å². The van der Waals surface area contributed by atoms with Crippen LogP contribution in [0.15, 0.2) is 24.4 Å². The van der Waals surface area contributed by atoms with Crippen molar-refractivity contribution in [3.05, 3.63) is 36.2 Å². The highest BCUT2D eigenvalue weighted by Gasteiger charge is 2.22. The molecule has 1 fully saturated rings. The number of nitrogens with one attached hydrogen (secondary N) is 2. The minimum atomic E-state index is -0.296. The van der Waals surface area contributed by atoms with Crippen LogP contribution in [-0.2, 0) is 9.53 Å². The molecule has 1 saturated heterocycles. The van der Waals surface area contributed by atoms with E-state index in [1.807, 2.05) is 25.3 Å². The van der Waals surface area contributed by atoms with E-state index in [0.29, 0.717) is 19.8 Å². The van der Waals surface area contributed by atoms with Crippen molar-refractivity contribution in [2.45, 2.75) is 25.9 Å². The second-order valence-electron chi connectivity index (χ2n) is 5.48. The molecular formula is C17H20N3O3. The monoisotopic (exact) mass is 314 g/mol. The molecule has 6 heteroatoms. The van der Waals surface area contributed by atoms with E-state index in [4.69, 9.17) is 9.47 Å². The number of hydrogen-bond acceptors (Lipinski definition) is 4. The number of hydrogen-bond donors (Lipinski definition) is 2. The van der Waals surface area contributed by atoms with Crippen molar-refractivity contribution in [2.75, 3.05) is 19.8 Å². The number of rotatable bonds is 6. The lowest BCUT2D eigenvalue weighted by atomic mass is 10.1. The van der Waals surface area contributed by atoms with E-state index in [9.17, 15) is 4.79 Å². The minimum absolute atomic E-state index is 0.0552. The van der Waals surface area contributed by atoms with E-state index in [1.54, 1.807) is 6.07 Å². The summed E-state index contributed by atoms with van der Waals surface area (Å²) in [7, 11) is 0. The van der Waals surface area contributed by atoms with Gasteiger partial charge in [0.05, 0.1) is 12.2 Å². The number of aromatic nitrogens is 2. The fourth-order valence-electron chi connectivity index (χ4n) is 2.58. The predicted molar refractivity (Wildman–Crippen MR) is 85.1 cm³/mol. The van der Waals surface area contributed by atoms with Gasteiger partial charge < -0.3 is 14.8 Å². The molecule has 6 nitrogen and oxygen atoms in total. The standard InChI is InChI=1S/C17H20N3O3/c1-12-15(11-19-20-12)13-4-2-5-14(10-13)22-9-7-18-17(21)16-6-3-8-23-16/h4-5,10-11,16H,3,6-9H2,1H3,(H,18,21)(H,19,20)/t16-/m1/s1. The topological polar surface area (TPSA) is 76.2 Å². The van der Waals surface area contributed by atoms with Crippen molar-refractivity contribution in [2.24, 2.45) is 0 Å². The lowest BCUT2D eigenvalue weighted by molar-refractivity contribution is -0.130. The summed E-state index contributed by atoms with van der Waals surface area (Å²) in [6.07, 6.45) is 3.30. The Labute approximate surface area is 135 Å². The minimum Gasteiger partial charge on any atom is -0.492 e. The zero-order valence-electron chi connectivity index (χ0n) is 13.1. The van der Waals surface area contributed by atoms with Crippen molar-refractivity contribution in [1.82, 2.24) is 15.5 Å². The van der Waals surface area contributed by atoms with Gasteiger partial charge in [-0.05, 0) is 49.6 Å². The molecule has 0 spiro atoms. The van der Waals surface area contributed by atoms with Crippen molar-refractivity contribution in [3.63, 3.8) is 0 Å². The summed E-state index contributed by atoms with van der Waals surface area (Å²) in [6.45, 7) is 3.47. The Morgan fingerprint density at radius 2 is 2.48 bits per heavy atom. The van der Waals surface area contributed by atoms with Crippen molar-refractivity contribution >= 4 is 5.91 Å². The van der Waals surface area contributed by atoms with Gasteiger partial charge in [-0.1, -0.05) is 0 Å². The van der Waals surface area contributed by atoms with Crippen LogP contribution in [0.25, 0.3) is 11.1 Å². The highest BCUT2D eigenvalue weighted by Crippen LogP contribution is 2.25. The molecule has 121 valence electrons. The second-order valence-corrected chi connectivity index (χ2v) is 5.48. The number of H-pyrrole nitrogens is 1. The smallest absolute Gasteiger partial charge is 0.249 e. The maximum Gasteiger partial charge on any atom is 0.249 e. The summed E-state index contributed by atoms with van der Waals surface area (Å²) in [5.41, 5.74) is 2.95. The van der Waals surface area contributed by atoms with Gasteiger partial charge in [-0.15, -0.1) is 0 Å². The largest absolute Gasteiger partial charge is 0.492 e. The second kappa shape index (κ2) is 7.28. The molecule has 1 aromatic carbocycles. The Bertz CT molecular complexity index is 663. The summed E-state index contributed by atoms with van der Waals surface area (Å²) >= 11 is 0. The zero-order valence-corrected chi connectivity index (χ0v) is 13.1. The molecule has 1 aromatic heterocycles. The third kappa shape index (κ3) is 3.90. The highest BCUT2D eigenvalue weighted by atomic mass is 16.5. The molecule has 0 unspecified atom stereocenters. The van der Waals surface area contributed by atoms with E-state index in [0.717, 1.165) is 35.4 Å². The zero-order chi connectivity index (χ0) is 16.1. The molecule has 2 N–H and O–H groups in total. The first-order valence-corrected chi connectivity index (χ1v) is 7.78. The Morgan fingerprint density at radius 1 is 1.57 bits per heavy atom. The molecule has 0 saturated carbocycles. The molecule has 1 amide bonds. The van der Waals surface area contributed by atoms with Crippen molar-refractivity contribution in [1.29, 1.82) is 0 Å². The molecule has 0 aliphatic carbocycles. The van der Waals surface area contributed by atoms with Crippen LogP contribution in [0, 0.1) is 13.0 Å². The summed E-state index contributed by atoms with van der Waals surface area (Å²) in [6, 6.07) is 8.68. The number of nitrogens with zero attached hydrogens (tertiary/aromatic N) is 1. The van der Waals surface area contributed by atoms with Gasteiger partial charge in [0.15, 0.2) is 0 Å². The van der Waals surface area contributed by atoms with Gasteiger partial charge in [0.1, 0.15) is 18.5 Å². The van der Waals surface area contributed by atoms with Gasteiger partial charge in [-0.2, -0.15) is 5.10 Å². The normalized spacial score (nSPS) is 17.2. The quantitative estimate of drug-likeness (QED) is 0.798. The number of carbonyl (C=O) groups is 1. The third-order valence-corrected chi connectivity index (χ3v) is 3.80. The maximum absolute atomic E-state index is 11.8. The average molecular weight is 314 g/mol. The molecule has 1 aliphatic rings. The van der Waals surface area contributed by atoms with Gasteiger partial charge in [0, 0.05) is 18.4 Å². The van der Waals surface area contributed by atoms with Crippen molar-refractivity contribution < 1.29 is 14.3 Å². The SMILES string of the molecule is Cc1n[nH]cc1-c1c[c]cc(OCCNC(=O)[C@H]2CCCO2)c1. The van der Waals surface area contributed by atoms with Crippen LogP contribution in [0.2, 0.25) is 0 Å². The van der Waals surface area contributed by atoms with Gasteiger partial charge in [-0.3, -0.25) is 9.89 Å². The molecule has 23 heavy (non-hydrogen) atoms. The van der Waals surface area contributed by atoms with Crippen LogP contribution in [0.3, 0.4) is 0 Å². The highest BCUT2D eigenvalue weighted by molar-refractivity contribution is 5.80. The molecule has 0 bridgehead atoms. The Balaban J connectivity index is 1.49. The fraction of sp³-hybridized carbons (Fsp3) is 0.412. The van der Waals surface area contributed by atoms with E-state index in [-0.39, 0.29) is 12.0 Å². The Hall–Kier alpha value is -2.34. The summed E-state index contributed by atoms with van der Waals surface area (Å²) in [4.78, 5) is 11.8. The van der Waals surface area contributed by atoms with Crippen LogP contribution in [-0.4, -0.2) is 42.0 Å². The first kappa shape index (κ1) is 15.6. The van der Waals surface area contributed by atoms with Crippen LogP contribution in [0.4, 0.5) is 0 Å². The van der Waals surface area contributed by atoms with E-state index in [2.05, 4.69) is 21.6 Å². The average Bonchev–Trinajstić information content (AvgIpc) is 3.23. The van der Waals surface area contributed by atoms with Crippen LogP contribution < -0.4 is 10.1 Å². The van der Waals surface area contributed by atoms with Crippen LogP contribution in [0.1, 0.15) is 18.5 Å². The van der Waals surface area contributed by atoms with Crippen LogP contribution >= 0.6 is 0 Å². The molecule has 3 rings (SSSR count). The maximum atomic E-state index is 11.8.